The number of hydrogen-bond acceptors (Lipinski definition) is 7. The molecule has 0 aliphatic carbocycles. The molecule has 0 saturated heterocycles. The smallest absolute Gasteiger partial charge is 0.419 e. The Labute approximate surface area is 170 Å². The Bertz CT molecular complexity index is 1020. The number of rotatable bonds is 7. The van der Waals surface area contributed by atoms with Gasteiger partial charge in [0.2, 0.25) is 0 Å². The van der Waals surface area contributed by atoms with Crippen molar-refractivity contribution in [3.63, 3.8) is 0 Å². The van der Waals surface area contributed by atoms with Crippen LogP contribution in [-0.4, -0.2) is 34.0 Å². The number of ether oxygens (including phenoxy) is 1. The van der Waals surface area contributed by atoms with E-state index < -0.39 is 18.0 Å². The largest absolute Gasteiger partial charge is 0.478 e. The highest BCUT2D eigenvalue weighted by molar-refractivity contribution is 5.71. The molecule has 0 aliphatic rings. The first-order chi connectivity index (χ1) is 14.2. The fourth-order valence-electron chi connectivity index (χ4n) is 2.85. The molecule has 30 heavy (non-hydrogen) atoms. The number of nitrogens with zero attached hydrogens (tertiary/aromatic N) is 3. The van der Waals surface area contributed by atoms with E-state index in [1.54, 1.807) is 44.6 Å². The minimum atomic E-state index is -4.63. The van der Waals surface area contributed by atoms with Crippen molar-refractivity contribution in [3.8, 4) is 5.88 Å². The molecule has 0 spiro atoms. The van der Waals surface area contributed by atoms with Crippen LogP contribution in [-0.2, 0) is 13.2 Å². The van der Waals surface area contributed by atoms with Gasteiger partial charge in [-0.1, -0.05) is 18.2 Å². The number of aliphatic hydroxyl groups excluding tert-OH is 1. The third kappa shape index (κ3) is 4.63. The van der Waals surface area contributed by atoms with Crippen molar-refractivity contribution in [3.05, 3.63) is 53.9 Å². The van der Waals surface area contributed by atoms with Gasteiger partial charge in [-0.3, -0.25) is 10.00 Å². The fourth-order valence-corrected chi connectivity index (χ4v) is 2.85. The molecule has 0 fully saturated rings. The van der Waals surface area contributed by atoms with Gasteiger partial charge in [-0.2, -0.15) is 13.2 Å². The Morgan fingerprint density at radius 2 is 1.87 bits per heavy atom. The van der Waals surface area contributed by atoms with Crippen LogP contribution >= 0.6 is 0 Å². The summed E-state index contributed by atoms with van der Waals surface area (Å²) >= 11 is 0. The summed E-state index contributed by atoms with van der Waals surface area (Å²) in [6.45, 7) is 0. The number of halogens is 3. The van der Waals surface area contributed by atoms with E-state index in [9.17, 15) is 18.3 Å². The standard InChI is InChI=1S/C19H21F3N6O2/c1-23-17(29)11-6-4-5-7-13(11)25-14-8-16(24-9-12(14)19(20,21)22)26-15-10-28(2)27-18(15)30-3/h4-10,17,23,29H,1-3H3,(H2,24,25,26). The third-order valence-electron chi connectivity index (χ3n) is 4.26. The van der Waals surface area contributed by atoms with Gasteiger partial charge < -0.3 is 20.5 Å². The van der Waals surface area contributed by atoms with Gasteiger partial charge in [-0.15, -0.1) is 5.10 Å². The van der Waals surface area contributed by atoms with Crippen LogP contribution in [0.15, 0.2) is 42.7 Å². The maximum atomic E-state index is 13.6. The van der Waals surface area contributed by atoms with Gasteiger partial charge in [-0.05, 0) is 13.1 Å². The Balaban J connectivity index is 2.01. The number of nitrogens with one attached hydrogen (secondary N) is 3. The molecule has 2 heterocycles. The number of benzene rings is 1. The maximum Gasteiger partial charge on any atom is 0.419 e. The zero-order valence-electron chi connectivity index (χ0n) is 16.4. The summed E-state index contributed by atoms with van der Waals surface area (Å²) in [5.74, 6) is 0.430. The molecule has 2 aromatic heterocycles. The summed E-state index contributed by atoms with van der Waals surface area (Å²) in [5.41, 5.74) is -0.00268. The predicted octanol–water partition coefficient (Wildman–Crippen LogP) is 3.54. The van der Waals surface area contributed by atoms with E-state index in [1.165, 1.54) is 17.9 Å². The van der Waals surface area contributed by atoms with E-state index in [2.05, 4.69) is 26.0 Å². The van der Waals surface area contributed by atoms with Crippen LogP contribution in [0.1, 0.15) is 17.4 Å². The second-order valence-corrected chi connectivity index (χ2v) is 6.37. The number of methoxy groups -OCH3 is 1. The van der Waals surface area contributed by atoms with Crippen molar-refractivity contribution >= 4 is 22.9 Å². The minimum Gasteiger partial charge on any atom is -0.478 e. The monoisotopic (exact) mass is 422 g/mol. The Morgan fingerprint density at radius 3 is 2.53 bits per heavy atom. The summed E-state index contributed by atoms with van der Waals surface area (Å²) in [6, 6.07) is 7.76. The van der Waals surface area contributed by atoms with Crippen LogP contribution in [0.5, 0.6) is 5.88 Å². The zero-order chi connectivity index (χ0) is 21.9. The Kier molecular flexibility index (Phi) is 6.13. The van der Waals surface area contributed by atoms with Crippen molar-refractivity contribution in [1.82, 2.24) is 20.1 Å². The van der Waals surface area contributed by atoms with Crippen LogP contribution in [0, 0.1) is 0 Å². The van der Waals surface area contributed by atoms with Gasteiger partial charge in [0.15, 0.2) is 0 Å². The summed E-state index contributed by atoms with van der Waals surface area (Å²) in [7, 11) is 4.66. The number of pyridine rings is 1. The molecule has 160 valence electrons. The normalized spacial score (nSPS) is 12.5. The minimum absolute atomic E-state index is 0.156. The highest BCUT2D eigenvalue weighted by atomic mass is 19.4. The quantitative estimate of drug-likeness (QED) is 0.433. The van der Waals surface area contributed by atoms with Crippen LogP contribution in [0.3, 0.4) is 0 Å². The van der Waals surface area contributed by atoms with Crippen LogP contribution < -0.4 is 20.7 Å². The van der Waals surface area contributed by atoms with Crippen LogP contribution in [0.2, 0.25) is 0 Å². The molecule has 4 N–H and O–H groups in total. The van der Waals surface area contributed by atoms with Crippen molar-refractivity contribution in [2.24, 2.45) is 7.05 Å². The maximum absolute atomic E-state index is 13.6. The van der Waals surface area contributed by atoms with E-state index >= 15 is 0 Å². The number of aryl methyl sites for hydroxylation is 1. The summed E-state index contributed by atoms with van der Waals surface area (Å²) in [5, 5.41) is 22.5. The molecule has 3 aromatic rings. The molecular formula is C19H21F3N6O2. The Hall–Kier alpha value is -3.31. The second kappa shape index (κ2) is 8.59. The van der Waals surface area contributed by atoms with Crippen molar-refractivity contribution < 1.29 is 23.0 Å². The number of hydrogen-bond donors (Lipinski definition) is 4. The van der Waals surface area contributed by atoms with Crippen LogP contribution in [0.4, 0.5) is 36.1 Å². The van der Waals surface area contributed by atoms with Gasteiger partial charge in [0.25, 0.3) is 5.88 Å². The molecule has 1 aromatic carbocycles. The number of aliphatic hydroxyl groups is 1. The number of alkyl halides is 3. The highest BCUT2D eigenvalue weighted by Gasteiger charge is 2.34. The lowest BCUT2D eigenvalue weighted by Gasteiger charge is -2.19. The molecule has 3 rings (SSSR count). The number of anilines is 4. The van der Waals surface area contributed by atoms with Gasteiger partial charge in [-0.25, -0.2) is 4.98 Å². The van der Waals surface area contributed by atoms with Crippen LogP contribution in [0.25, 0.3) is 0 Å². The molecule has 8 nitrogen and oxygen atoms in total. The average molecular weight is 422 g/mol. The SMILES string of the molecule is CNC(O)c1ccccc1Nc1cc(Nc2cn(C)nc2OC)ncc1C(F)(F)F. The molecule has 0 bridgehead atoms. The molecule has 0 radical (unpaired) electrons. The van der Waals surface area contributed by atoms with Gasteiger partial charge in [0.1, 0.15) is 17.7 Å². The van der Waals surface area contributed by atoms with Gasteiger partial charge in [0, 0.05) is 30.6 Å². The summed E-state index contributed by atoms with van der Waals surface area (Å²) < 4.78 is 47.3. The first kappa shape index (κ1) is 21.4. The van der Waals surface area contributed by atoms with Crippen molar-refractivity contribution in [2.45, 2.75) is 12.4 Å². The lowest BCUT2D eigenvalue weighted by Crippen LogP contribution is -2.17. The molecule has 0 amide bonds. The van der Waals surface area contributed by atoms with Gasteiger partial charge >= 0.3 is 6.18 Å². The van der Waals surface area contributed by atoms with Gasteiger partial charge in [0.05, 0.1) is 24.6 Å². The van der Waals surface area contributed by atoms with E-state index in [4.69, 9.17) is 4.74 Å². The molecule has 1 unspecified atom stereocenters. The second-order valence-electron chi connectivity index (χ2n) is 6.37. The zero-order valence-corrected chi connectivity index (χ0v) is 16.4. The van der Waals surface area contributed by atoms with E-state index in [-0.39, 0.29) is 17.4 Å². The molecule has 11 heteroatoms. The molecule has 0 aliphatic heterocycles. The highest BCUT2D eigenvalue weighted by Crippen LogP contribution is 2.38. The third-order valence-corrected chi connectivity index (χ3v) is 4.26. The summed E-state index contributed by atoms with van der Waals surface area (Å²) in [6.07, 6.45) is -3.33. The topological polar surface area (TPSA) is 96.3 Å². The van der Waals surface area contributed by atoms with E-state index in [0.717, 1.165) is 6.20 Å². The molecular weight excluding hydrogens is 401 g/mol. The predicted molar refractivity (Wildman–Crippen MR) is 106 cm³/mol. The first-order valence-electron chi connectivity index (χ1n) is 8.86. The lowest BCUT2D eigenvalue weighted by atomic mass is 10.1. The van der Waals surface area contributed by atoms with Crippen molar-refractivity contribution in [2.75, 3.05) is 24.8 Å². The summed E-state index contributed by atoms with van der Waals surface area (Å²) in [4.78, 5) is 3.88. The fraction of sp³-hybridized carbons (Fsp3) is 0.263. The average Bonchev–Trinajstić information content (AvgIpc) is 3.06. The molecule has 0 saturated carbocycles. The number of para-hydroxylation sites is 1. The first-order valence-corrected chi connectivity index (χ1v) is 8.86. The molecule has 1 atom stereocenters. The van der Waals surface area contributed by atoms with E-state index in [0.29, 0.717) is 16.9 Å². The number of aromatic nitrogens is 3. The van der Waals surface area contributed by atoms with E-state index in [1.807, 2.05) is 0 Å². The lowest BCUT2D eigenvalue weighted by molar-refractivity contribution is -0.137. The van der Waals surface area contributed by atoms with Crippen molar-refractivity contribution in [1.29, 1.82) is 0 Å². The Morgan fingerprint density at radius 1 is 1.13 bits per heavy atom.